The largest absolute Gasteiger partial charge is 0.328 e. The Morgan fingerprint density at radius 3 is 2.00 bits per heavy atom. The molecule has 0 radical (unpaired) electrons. The van der Waals surface area contributed by atoms with Crippen LogP contribution in [0.15, 0.2) is 0 Å². The van der Waals surface area contributed by atoms with E-state index in [9.17, 15) is 14.4 Å². The average molecular weight is 222 g/mol. The lowest BCUT2D eigenvalue weighted by atomic mass is 9.62. The molecule has 1 aliphatic rings. The minimum Gasteiger partial charge on any atom is -0.277 e. The van der Waals surface area contributed by atoms with E-state index in [4.69, 9.17) is 6.42 Å². The van der Waals surface area contributed by atoms with Gasteiger partial charge in [-0.05, 0) is 20.3 Å². The third-order valence-electron chi connectivity index (χ3n) is 3.19. The SMILES string of the molecule is C#CC(C)(C)C1(CC)C(=O)NC(=O)NC1=O. The first-order valence-corrected chi connectivity index (χ1v) is 4.96. The molecular weight excluding hydrogens is 208 g/mol. The molecule has 2 N–H and O–H groups in total. The molecule has 0 atom stereocenters. The summed E-state index contributed by atoms with van der Waals surface area (Å²) in [5, 5.41) is 4.17. The number of hydrogen-bond acceptors (Lipinski definition) is 3. The van der Waals surface area contributed by atoms with Gasteiger partial charge in [-0.3, -0.25) is 20.2 Å². The third-order valence-corrected chi connectivity index (χ3v) is 3.19. The van der Waals surface area contributed by atoms with Crippen molar-refractivity contribution < 1.29 is 14.4 Å². The van der Waals surface area contributed by atoms with Gasteiger partial charge in [-0.1, -0.05) is 12.8 Å². The third kappa shape index (κ3) is 1.38. The van der Waals surface area contributed by atoms with Crippen molar-refractivity contribution in [3.63, 3.8) is 0 Å². The van der Waals surface area contributed by atoms with Gasteiger partial charge in [-0.15, -0.1) is 6.42 Å². The van der Waals surface area contributed by atoms with Crippen LogP contribution in [0.2, 0.25) is 0 Å². The Morgan fingerprint density at radius 1 is 1.25 bits per heavy atom. The van der Waals surface area contributed by atoms with E-state index in [0.717, 1.165) is 0 Å². The van der Waals surface area contributed by atoms with E-state index in [1.807, 2.05) is 0 Å². The van der Waals surface area contributed by atoms with Crippen molar-refractivity contribution in [3.05, 3.63) is 0 Å². The second-order valence-electron chi connectivity index (χ2n) is 4.27. The van der Waals surface area contributed by atoms with E-state index in [1.165, 1.54) is 0 Å². The van der Waals surface area contributed by atoms with Crippen LogP contribution in [-0.2, 0) is 9.59 Å². The van der Waals surface area contributed by atoms with Crippen molar-refractivity contribution >= 4 is 17.8 Å². The Morgan fingerprint density at radius 2 is 1.69 bits per heavy atom. The van der Waals surface area contributed by atoms with Crippen molar-refractivity contribution in [3.8, 4) is 12.3 Å². The van der Waals surface area contributed by atoms with Crippen molar-refractivity contribution in [2.45, 2.75) is 27.2 Å². The minimum atomic E-state index is -1.39. The van der Waals surface area contributed by atoms with Crippen LogP contribution >= 0.6 is 0 Å². The first kappa shape index (κ1) is 12.2. The summed E-state index contributed by atoms with van der Waals surface area (Å²) in [6.45, 7) is 4.95. The fraction of sp³-hybridized carbons (Fsp3) is 0.545. The van der Waals surface area contributed by atoms with Crippen LogP contribution in [-0.4, -0.2) is 17.8 Å². The van der Waals surface area contributed by atoms with Crippen LogP contribution in [0.1, 0.15) is 27.2 Å². The molecule has 0 unspecified atom stereocenters. The van der Waals surface area contributed by atoms with Gasteiger partial charge in [-0.25, -0.2) is 4.79 Å². The summed E-state index contributed by atoms with van der Waals surface area (Å²) in [6.07, 6.45) is 5.59. The summed E-state index contributed by atoms with van der Waals surface area (Å²) in [5.41, 5.74) is -2.35. The normalized spacial score (nSPS) is 19.8. The standard InChI is InChI=1S/C11H14N2O3/c1-5-10(3,4)11(6-2)7(14)12-9(16)13-8(11)15/h1H,6H2,2-4H3,(H2,12,13,14,15,16). The molecule has 0 aromatic rings. The fourth-order valence-corrected chi connectivity index (χ4v) is 2.01. The summed E-state index contributed by atoms with van der Waals surface area (Å²) < 4.78 is 0. The molecule has 1 rings (SSSR count). The lowest BCUT2D eigenvalue weighted by Crippen LogP contribution is -2.66. The molecule has 5 nitrogen and oxygen atoms in total. The first-order chi connectivity index (χ1) is 7.31. The fourth-order valence-electron chi connectivity index (χ4n) is 2.01. The first-order valence-electron chi connectivity index (χ1n) is 4.96. The molecular formula is C11H14N2O3. The molecule has 0 aliphatic carbocycles. The van der Waals surface area contributed by atoms with Gasteiger partial charge >= 0.3 is 6.03 Å². The maximum Gasteiger partial charge on any atom is 0.328 e. The molecule has 1 heterocycles. The molecule has 0 saturated carbocycles. The highest BCUT2D eigenvalue weighted by Crippen LogP contribution is 2.43. The van der Waals surface area contributed by atoms with Crippen LogP contribution in [0.25, 0.3) is 0 Å². The maximum absolute atomic E-state index is 11.9. The number of carbonyl (C=O) groups is 3. The molecule has 1 saturated heterocycles. The van der Waals surface area contributed by atoms with Crippen LogP contribution in [0.5, 0.6) is 0 Å². The number of terminal acetylenes is 1. The van der Waals surface area contributed by atoms with Crippen LogP contribution in [0, 0.1) is 23.2 Å². The number of hydrogen-bond donors (Lipinski definition) is 2. The highest BCUT2D eigenvalue weighted by Gasteiger charge is 2.58. The van der Waals surface area contributed by atoms with E-state index in [2.05, 4.69) is 16.6 Å². The van der Waals surface area contributed by atoms with Crippen LogP contribution in [0.3, 0.4) is 0 Å². The summed E-state index contributed by atoms with van der Waals surface area (Å²) in [6, 6.07) is -0.799. The lowest BCUT2D eigenvalue weighted by molar-refractivity contribution is -0.150. The molecule has 1 aliphatic heterocycles. The molecule has 0 spiro atoms. The molecule has 0 aromatic carbocycles. The topological polar surface area (TPSA) is 75.3 Å². The number of imide groups is 2. The second-order valence-corrected chi connectivity index (χ2v) is 4.27. The molecule has 86 valence electrons. The quantitative estimate of drug-likeness (QED) is 0.525. The van der Waals surface area contributed by atoms with E-state index in [1.54, 1.807) is 20.8 Å². The van der Waals surface area contributed by atoms with Crippen molar-refractivity contribution in [1.82, 2.24) is 10.6 Å². The molecule has 1 fully saturated rings. The zero-order valence-corrected chi connectivity index (χ0v) is 9.51. The van der Waals surface area contributed by atoms with Crippen LogP contribution in [0.4, 0.5) is 4.79 Å². The van der Waals surface area contributed by atoms with Gasteiger partial charge in [-0.2, -0.15) is 0 Å². The van der Waals surface area contributed by atoms with Crippen molar-refractivity contribution in [2.24, 2.45) is 10.8 Å². The summed E-state index contributed by atoms with van der Waals surface area (Å²) in [4.78, 5) is 34.8. The van der Waals surface area contributed by atoms with Gasteiger partial charge in [0.05, 0.1) is 0 Å². The Bertz CT molecular complexity index is 384. The molecule has 0 bridgehead atoms. The van der Waals surface area contributed by atoms with Gasteiger partial charge in [0.2, 0.25) is 11.8 Å². The smallest absolute Gasteiger partial charge is 0.277 e. The Labute approximate surface area is 94.0 Å². The van der Waals surface area contributed by atoms with E-state index in [-0.39, 0.29) is 6.42 Å². The molecule has 0 aromatic heterocycles. The molecule has 16 heavy (non-hydrogen) atoms. The van der Waals surface area contributed by atoms with Gasteiger partial charge in [0.25, 0.3) is 0 Å². The summed E-state index contributed by atoms with van der Waals surface area (Å²) >= 11 is 0. The van der Waals surface area contributed by atoms with E-state index in [0.29, 0.717) is 0 Å². The zero-order chi connectivity index (χ0) is 12.6. The second kappa shape index (κ2) is 3.63. The number of nitrogens with one attached hydrogen (secondary N) is 2. The highest BCUT2D eigenvalue weighted by molar-refractivity contribution is 6.19. The zero-order valence-electron chi connectivity index (χ0n) is 9.51. The minimum absolute atomic E-state index is 0.231. The van der Waals surface area contributed by atoms with Crippen LogP contribution < -0.4 is 10.6 Å². The highest BCUT2D eigenvalue weighted by atomic mass is 16.2. The Hall–Kier alpha value is -1.83. The van der Waals surface area contributed by atoms with E-state index >= 15 is 0 Å². The van der Waals surface area contributed by atoms with E-state index < -0.39 is 28.7 Å². The summed E-state index contributed by atoms with van der Waals surface area (Å²) in [7, 11) is 0. The number of barbiturate groups is 1. The van der Waals surface area contributed by atoms with Gasteiger partial charge in [0.15, 0.2) is 0 Å². The monoisotopic (exact) mass is 222 g/mol. The van der Waals surface area contributed by atoms with Crippen molar-refractivity contribution in [2.75, 3.05) is 0 Å². The van der Waals surface area contributed by atoms with Gasteiger partial charge in [0.1, 0.15) is 5.41 Å². The predicted molar refractivity (Wildman–Crippen MR) is 57.0 cm³/mol. The van der Waals surface area contributed by atoms with Gasteiger partial charge in [0, 0.05) is 5.41 Å². The average Bonchev–Trinajstić information content (AvgIpc) is 2.17. The number of carbonyl (C=O) groups excluding carboxylic acids is 3. The number of amides is 4. The predicted octanol–water partition coefficient (Wildman–Crippen LogP) is 0.408. The number of urea groups is 1. The Balaban J connectivity index is 3.33. The molecule has 4 amide bonds. The van der Waals surface area contributed by atoms with Gasteiger partial charge < -0.3 is 0 Å². The lowest BCUT2D eigenvalue weighted by Gasteiger charge is -2.41. The van der Waals surface area contributed by atoms with Crippen molar-refractivity contribution in [1.29, 1.82) is 0 Å². The maximum atomic E-state index is 11.9. The molecule has 5 heteroatoms. The summed E-state index contributed by atoms with van der Waals surface area (Å²) in [5.74, 6) is 1.18. The number of rotatable bonds is 2. The Kier molecular flexibility index (Phi) is 2.78.